The van der Waals surface area contributed by atoms with Crippen molar-refractivity contribution in [2.75, 3.05) is 54.1 Å². The molecule has 0 saturated carbocycles. The molecule has 0 heterocycles. The second-order valence-electron chi connectivity index (χ2n) is 17.5. The molecule has 0 aromatic heterocycles. The van der Waals surface area contributed by atoms with Crippen LogP contribution in [0.2, 0.25) is 0 Å². The number of carbonyl (C=O) groups excluding carboxylic acids is 1. The van der Waals surface area contributed by atoms with Gasteiger partial charge in [-0.3, -0.25) is 13.8 Å². The number of rotatable bonds is 45. The van der Waals surface area contributed by atoms with Crippen LogP contribution >= 0.6 is 7.82 Å². The van der Waals surface area contributed by atoms with Gasteiger partial charge in [0.25, 0.3) is 0 Å². The minimum absolute atomic E-state index is 0.0868. The normalized spacial score (nSPS) is 14.1. The summed E-state index contributed by atoms with van der Waals surface area (Å²) < 4.78 is 35.1. The maximum absolute atomic E-state index is 12.7. The molecule has 59 heavy (non-hydrogen) atoms. The van der Waals surface area contributed by atoms with Gasteiger partial charge < -0.3 is 18.9 Å². The molecule has 0 amide bonds. The highest BCUT2D eigenvalue weighted by Gasteiger charge is 2.26. The Bertz CT molecular complexity index is 1080. The van der Waals surface area contributed by atoms with E-state index in [0.29, 0.717) is 24.1 Å². The lowest BCUT2D eigenvalue weighted by Gasteiger charge is -2.24. The number of hydrogen-bond donors (Lipinski definition) is 1. The van der Waals surface area contributed by atoms with E-state index in [9.17, 15) is 14.3 Å². The monoisotopic (exact) mass is 853 g/mol. The quantitative estimate of drug-likeness (QED) is 0.0214. The van der Waals surface area contributed by atoms with E-state index < -0.39 is 13.9 Å². The highest BCUT2D eigenvalue weighted by atomic mass is 31.2. The first kappa shape index (κ1) is 57.5. The molecular weight excluding hydrogens is 758 g/mol. The minimum atomic E-state index is -4.28. The first-order valence-corrected chi connectivity index (χ1v) is 25.9. The number of quaternary nitrogens is 1. The van der Waals surface area contributed by atoms with Crippen molar-refractivity contribution in [2.45, 2.75) is 213 Å². The number of hydrogen-bond acceptors (Lipinski definition) is 6. The molecule has 1 N–H and O–H groups in total. The molecular formula is C50H95NO7P+. The average molecular weight is 853 g/mol. The van der Waals surface area contributed by atoms with Crippen molar-refractivity contribution in [1.82, 2.24) is 0 Å². The summed E-state index contributed by atoms with van der Waals surface area (Å²) in [5.74, 6) is -0.320. The molecule has 0 aromatic rings. The second-order valence-corrected chi connectivity index (χ2v) is 18.9. The lowest BCUT2D eigenvalue weighted by atomic mass is 10.0. The summed E-state index contributed by atoms with van der Waals surface area (Å²) in [6.07, 6.45) is 52.9. The van der Waals surface area contributed by atoms with Gasteiger partial charge in [0.05, 0.1) is 34.4 Å². The SMILES string of the molecule is CC/C=C\C/C=C\C/C=C\C/C=C\CCCCCCCCCCC(=O)OC(COCCCCCCCCCCCCCCCCCC)COP(=O)(O)OCC[N+](C)(C)C. The summed E-state index contributed by atoms with van der Waals surface area (Å²) in [5, 5.41) is 0. The number of nitrogens with zero attached hydrogens (tertiary/aromatic N) is 1. The molecule has 0 spiro atoms. The number of esters is 1. The van der Waals surface area contributed by atoms with Crippen LogP contribution in [0.1, 0.15) is 206 Å². The van der Waals surface area contributed by atoms with Crippen molar-refractivity contribution < 1.29 is 37.3 Å². The Labute approximate surface area is 365 Å². The fourth-order valence-electron chi connectivity index (χ4n) is 6.66. The van der Waals surface area contributed by atoms with Gasteiger partial charge in [0.15, 0.2) is 0 Å². The van der Waals surface area contributed by atoms with Crippen LogP contribution in [0.5, 0.6) is 0 Å². The van der Waals surface area contributed by atoms with E-state index in [1.165, 1.54) is 122 Å². The number of phosphoric ester groups is 1. The fourth-order valence-corrected chi connectivity index (χ4v) is 7.40. The van der Waals surface area contributed by atoms with Crippen molar-refractivity contribution in [2.24, 2.45) is 0 Å². The molecule has 346 valence electrons. The number of unbranched alkanes of at least 4 members (excludes halogenated alkanes) is 23. The van der Waals surface area contributed by atoms with Gasteiger partial charge >= 0.3 is 13.8 Å². The third kappa shape index (κ3) is 47.4. The molecule has 2 unspecified atom stereocenters. The predicted molar refractivity (Wildman–Crippen MR) is 252 cm³/mol. The van der Waals surface area contributed by atoms with E-state index in [4.69, 9.17) is 18.5 Å². The number of likely N-dealkylation sites (N-methyl/N-ethyl adjacent to an activating group) is 1. The van der Waals surface area contributed by atoms with E-state index >= 15 is 0 Å². The van der Waals surface area contributed by atoms with Crippen LogP contribution in [-0.2, 0) is 27.9 Å². The summed E-state index contributed by atoms with van der Waals surface area (Å²) in [5.41, 5.74) is 0. The van der Waals surface area contributed by atoms with Crippen LogP contribution in [0.3, 0.4) is 0 Å². The molecule has 0 aromatic carbocycles. The van der Waals surface area contributed by atoms with Gasteiger partial charge in [0.1, 0.15) is 19.3 Å². The molecule has 0 bridgehead atoms. The molecule has 0 saturated heterocycles. The Kier molecular flexibility index (Phi) is 42.0. The molecule has 0 radical (unpaired) electrons. The van der Waals surface area contributed by atoms with E-state index in [1.807, 2.05) is 21.1 Å². The topological polar surface area (TPSA) is 91.3 Å². The van der Waals surface area contributed by atoms with Gasteiger partial charge in [0.2, 0.25) is 0 Å². The zero-order valence-corrected chi connectivity index (χ0v) is 40.1. The lowest BCUT2D eigenvalue weighted by Crippen LogP contribution is -2.37. The maximum atomic E-state index is 12.7. The van der Waals surface area contributed by atoms with Gasteiger partial charge in [-0.05, 0) is 51.4 Å². The third-order valence-electron chi connectivity index (χ3n) is 10.4. The Hall–Kier alpha value is -1.54. The molecule has 0 fully saturated rings. The van der Waals surface area contributed by atoms with Crippen LogP contribution in [0.4, 0.5) is 0 Å². The van der Waals surface area contributed by atoms with Crippen molar-refractivity contribution >= 4 is 13.8 Å². The van der Waals surface area contributed by atoms with E-state index in [2.05, 4.69) is 62.5 Å². The number of ether oxygens (including phenoxy) is 2. The lowest BCUT2D eigenvalue weighted by molar-refractivity contribution is -0.870. The van der Waals surface area contributed by atoms with Gasteiger partial charge in [-0.15, -0.1) is 0 Å². The minimum Gasteiger partial charge on any atom is -0.457 e. The van der Waals surface area contributed by atoms with Crippen molar-refractivity contribution in [3.05, 3.63) is 48.6 Å². The Morgan fingerprint density at radius 1 is 0.542 bits per heavy atom. The van der Waals surface area contributed by atoms with Crippen LogP contribution in [0.15, 0.2) is 48.6 Å². The maximum Gasteiger partial charge on any atom is 0.472 e. The van der Waals surface area contributed by atoms with Crippen LogP contribution in [0, 0.1) is 0 Å². The zero-order valence-electron chi connectivity index (χ0n) is 39.2. The van der Waals surface area contributed by atoms with E-state index in [0.717, 1.165) is 64.2 Å². The molecule has 2 atom stereocenters. The molecule has 9 heteroatoms. The van der Waals surface area contributed by atoms with Crippen LogP contribution < -0.4 is 0 Å². The second kappa shape index (κ2) is 43.1. The Morgan fingerprint density at radius 2 is 0.983 bits per heavy atom. The van der Waals surface area contributed by atoms with E-state index in [1.54, 1.807) is 0 Å². The smallest absolute Gasteiger partial charge is 0.457 e. The van der Waals surface area contributed by atoms with Crippen LogP contribution in [-0.4, -0.2) is 75.6 Å². The summed E-state index contributed by atoms with van der Waals surface area (Å²) in [6, 6.07) is 0. The third-order valence-corrected chi connectivity index (χ3v) is 11.4. The molecule has 0 aliphatic rings. The molecule has 0 aliphatic carbocycles. The standard InChI is InChI=1S/C50H94NO7P/c1-6-8-10-12-14-16-18-20-22-24-25-26-27-28-29-31-33-35-37-39-41-43-50(52)58-49(48-57-59(53,54)56-46-44-51(3,4)5)47-55-45-42-40-38-36-34-32-30-23-21-19-17-15-13-11-9-7-2/h8,10,14,16,20,22,25-26,49H,6-7,9,11-13,15,17-19,21,23-24,27-48H2,1-5H3/p+1/b10-8-,16-14-,22-20-,26-25-. The zero-order chi connectivity index (χ0) is 43.4. The van der Waals surface area contributed by atoms with E-state index in [-0.39, 0.29) is 25.8 Å². The summed E-state index contributed by atoms with van der Waals surface area (Å²) in [4.78, 5) is 23.0. The van der Waals surface area contributed by atoms with Gasteiger partial charge in [-0.1, -0.05) is 197 Å². The molecule has 0 rings (SSSR count). The highest BCUT2D eigenvalue weighted by Crippen LogP contribution is 2.43. The summed E-state index contributed by atoms with van der Waals surface area (Å²) >= 11 is 0. The number of carbonyl (C=O) groups is 1. The van der Waals surface area contributed by atoms with Crippen LogP contribution in [0.25, 0.3) is 0 Å². The predicted octanol–water partition coefficient (Wildman–Crippen LogP) is 14.7. The average Bonchev–Trinajstić information content (AvgIpc) is 3.19. The van der Waals surface area contributed by atoms with Crippen molar-refractivity contribution in [3.8, 4) is 0 Å². The van der Waals surface area contributed by atoms with Crippen molar-refractivity contribution in [1.29, 1.82) is 0 Å². The first-order valence-electron chi connectivity index (χ1n) is 24.4. The number of allylic oxidation sites excluding steroid dienone is 8. The fraction of sp³-hybridized carbons (Fsp3) is 0.820. The summed E-state index contributed by atoms with van der Waals surface area (Å²) in [6.45, 7) is 5.53. The first-order chi connectivity index (χ1) is 28.6. The number of phosphoric acid groups is 1. The highest BCUT2D eigenvalue weighted by molar-refractivity contribution is 7.47. The Morgan fingerprint density at radius 3 is 1.47 bits per heavy atom. The largest absolute Gasteiger partial charge is 0.472 e. The molecule has 8 nitrogen and oxygen atoms in total. The summed E-state index contributed by atoms with van der Waals surface area (Å²) in [7, 11) is 1.66. The van der Waals surface area contributed by atoms with Gasteiger partial charge in [0, 0.05) is 13.0 Å². The molecule has 0 aliphatic heterocycles. The van der Waals surface area contributed by atoms with Gasteiger partial charge in [-0.25, -0.2) is 4.57 Å². The van der Waals surface area contributed by atoms with Crippen molar-refractivity contribution in [3.63, 3.8) is 0 Å². The Balaban J connectivity index is 4.18. The van der Waals surface area contributed by atoms with Gasteiger partial charge in [-0.2, -0.15) is 0 Å².